The number of phosphoric ester groups is 1. The van der Waals surface area contributed by atoms with Crippen LogP contribution in [0.2, 0.25) is 0 Å². The van der Waals surface area contributed by atoms with Gasteiger partial charge in [-0.15, -0.1) is 0 Å². The lowest BCUT2D eigenvalue weighted by atomic mass is 9.87. The molecule has 77 heavy (non-hydrogen) atoms. The van der Waals surface area contributed by atoms with E-state index in [9.17, 15) is 0 Å². The van der Waals surface area contributed by atoms with Gasteiger partial charge in [0.1, 0.15) is 17.2 Å². The van der Waals surface area contributed by atoms with Crippen LogP contribution >= 0.6 is 7.82 Å². The van der Waals surface area contributed by atoms with E-state index < -0.39 is 7.82 Å². The first-order valence-electron chi connectivity index (χ1n) is 28.4. The molecule has 0 aliphatic rings. The van der Waals surface area contributed by atoms with E-state index in [1.54, 1.807) is 0 Å². The Morgan fingerprint density at radius 1 is 0.247 bits per heavy atom. The summed E-state index contributed by atoms with van der Waals surface area (Å²) in [6, 6.07) is 70.0. The van der Waals surface area contributed by atoms with Gasteiger partial charge in [0.15, 0.2) is 0 Å². The van der Waals surface area contributed by atoms with Crippen LogP contribution in [0.3, 0.4) is 0 Å². The normalized spacial score (nSPS) is 11.4. The summed E-state index contributed by atoms with van der Waals surface area (Å²) in [5, 5.41) is 0. The van der Waals surface area contributed by atoms with Crippen molar-refractivity contribution >= 4 is 7.82 Å². The molecule has 0 aliphatic carbocycles. The first-order chi connectivity index (χ1) is 37.8. The number of benzene rings is 9. The molecule has 9 aromatic rings. The second kappa shape index (κ2) is 26.1. The van der Waals surface area contributed by atoms with Gasteiger partial charge in [0.25, 0.3) is 0 Å². The number of aryl methyl sites for hydroxylation is 6. The zero-order chi connectivity index (χ0) is 53.6. The molecule has 0 aliphatic heterocycles. The fourth-order valence-electron chi connectivity index (χ4n) is 11.3. The van der Waals surface area contributed by atoms with Crippen LogP contribution in [-0.2, 0) is 43.1 Å². The van der Waals surface area contributed by atoms with Gasteiger partial charge in [0, 0.05) is 16.7 Å². The van der Waals surface area contributed by atoms with E-state index in [0.29, 0.717) is 17.2 Å². The lowest BCUT2D eigenvalue weighted by Gasteiger charge is -2.27. The van der Waals surface area contributed by atoms with Gasteiger partial charge in [0.05, 0.1) is 0 Å². The second-order valence-electron chi connectivity index (χ2n) is 20.2. The van der Waals surface area contributed by atoms with E-state index in [2.05, 4.69) is 205 Å². The maximum atomic E-state index is 17.3. The number of phosphoric acid groups is 1. The molecule has 0 amide bonds. The summed E-state index contributed by atoms with van der Waals surface area (Å²) in [5.41, 5.74) is 19.2. The molecule has 4 nitrogen and oxygen atoms in total. The molecule has 0 bridgehead atoms. The Kier molecular flexibility index (Phi) is 18.4. The third kappa shape index (κ3) is 12.3. The van der Waals surface area contributed by atoms with Gasteiger partial charge in [-0.3, -0.25) is 0 Å². The topological polar surface area (TPSA) is 44.8 Å². The minimum Gasteiger partial charge on any atom is -0.385 e. The zero-order valence-electron chi connectivity index (χ0n) is 46.1. The van der Waals surface area contributed by atoms with E-state index in [1.165, 1.54) is 33.4 Å². The summed E-state index contributed by atoms with van der Waals surface area (Å²) < 4.78 is 39.4. The lowest BCUT2D eigenvalue weighted by Crippen LogP contribution is -2.11. The van der Waals surface area contributed by atoms with Gasteiger partial charge < -0.3 is 13.6 Å². The third-order valence-electron chi connectivity index (χ3n) is 14.6. The van der Waals surface area contributed by atoms with Crippen molar-refractivity contribution in [2.45, 2.75) is 119 Å². The Hall–Kier alpha value is -7.39. The molecule has 0 heterocycles. The van der Waals surface area contributed by atoms with Crippen molar-refractivity contribution < 1.29 is 18.1 Å². The largest absolute Gasteiger partial charge is 0.647 e. The van der Waals surface area contributed by atoms with Gasteiger partial charge in [-0.05, 0) is 140 Å². The molecule has 0 spiro atoms. The Morgan fingerprint density at radius 3 is 0.675 bits per heavy atom. The monoisotopic (exact) mass is 1030 g/mol. The summed E-state index contributed by atoms with van der Waals surface area (Å²) in [7, 11) is -4.83. The molecular weight excluding hydrogens is 960 g/mol. The van der Waals surface area contributed by atoms with E-state index >= 15 is 4.57 Å². The number of rotatable bonds is 24. The maximum absolute atomic E-state index is 17.3. The smallest absolute Gasteiger partial charge is 0.385 e. The van der Waals surface area contributed by atoms with Gasteiger partial charge >= 0.3 is 7.82 Å². The van der Waals surface area contributed by atoms with Crippen molar-refractivity contribution in [3.63, 3.8) is 0 Å². The van der Waals surface area contributed by atoms with Gasteiger partial charge in [0.2, 0.25) is 0 Å². The van der Waals surface area contributed by atoms with E-state index in [4.69, 9.17) is 13.6 Å². The summed E-state index contributed by atoms with van der Waals surface area (Å²) in [6.07, 6.45) is 11.1. The fraction of sp³-hybridized carbons (Fsp3) is 0.250. The maximum Gasteiger partial charge on any atom is 0.647 e. The van der Waals surface area contributed by atoms with Gasteiger partial charge in [-0.2, -0.15) is 4.57 Å². The number of hydrogen-bond acceptors (Lipinski definition) is 4. The van der Waals surface area contributed by atoms with Crippen LogP contribution < -0.4 is 13.6 Å². The average molecular weight is 1040 g/mol. The molecule has 5 heteroatoms. The summed E-state index contributed by atoms with van der Waals surface area (Å²) in [4.78, 5) is 0. The quantitative estimate of drug-likeness (QED) is 0.0566. The predicted molar refractivity (Wildman–Crippen MR) is 325 cm³/mol. The van der Waals surface area contributed by atoms with Crippen LogP contribution in [0.4, 0.5) is 0 Å². The van der Waals surface area contributed by atoms with Gasteiger partial charge in [-0.25, -0.2) is 0 Å². The van der Waals surface area contributed by atoms with Crippen LogP contribution in [-0.4, -0.2) is 0 Å². The van der Waals surface area contributed by atoms with Crippen LogP contribution in [0.5, 0.6) is 17.2 Å². The van der Waals surface area contributed by atoms with Crippen molar-refractivity contribution in [2.75, 3.05) is 0 Å². The van der Waals surface area contributed by atoms with Crippen LogP contribution in [0.25, 0.3) is 66.8 Å². The number of hydrogen-bond donors (Lipinski definition) is 0. The Morgan fingerprint density at radius 2 is 0.442 bits per heavy atom. The highest BCUT2D eigenvalue weighted by Crippen LogP contribution is 2.58. The molecule has 0 saturated heterocycles. The third-order valence-corrected chi connectivity index (χ3v) is 15.9. The molecular formula is C72H75O4P. The Balaban J connectivity index is 1.35. The molecule has 0 N–H and O–H groups in total. The molecule has 9 rings (SSSR count). The highest BCUT2D eigenvalue weighted by atomic mass is 31.2. The minimum atomic E-state index is -4.83. The molecule has 0 saturated carbocycles. The van der Waals surface area contributed by atoms with Crippen molar-refractivity contribution in [3.05, 3.63) is 234 Å². The van der Waals surface area contributed by atoms with Crippen molar-refractivity contribution in [1.29, 1.82) is 0 Å². The van der Waals surface area contributed by atoms with Gasteiger partial charge in [-0.1, -0.05) is 262 Å². The Labute approximate surface area is 459 Å². The fourth-order valence-corrected chi connectivity index (χ4v) is 12.6. The molecule has 0 atom stereocenters. The SMILES string of the molecule is CCCc1ccccc1-c1cccc(OP(=O)(Oc2cccc(-c3ccccc3CCC)c2-c2ccccc2CCC)Oc2cccc(-c3ccccc3CCC)c2-c2ccccc2CCC)c1-c1ccccc1CCC. The van der Waals surface area contributed by atoms with E-state index in [0.717, 1.165) is 144 Å². The van der Waals surface area contributed by atoms with E-state index in [-0.39, 0.29) is 0 Å². The highest BCUT2D eigenvalue weighted by molar-refractivity contribution is 7.49. The molecule has 0 radical (unpaired) electrons. The average Bonchev–Trinajstić information content (AvgIpc) is 3.50. The lowest BCUT2D eigenvalue weighted by molar-refractivity contribution is 0.299. The molecule has 392 valence electrons. The Bertz CT molecular complexity index is 3120. The summed E-state index contributed by atoms with van der Waals surface area (Å²) in [6.45, 7) is 13.3. The van der Waals surface area contributed by atoms with E-state index in [1.807, 2.05) is 36.4 Å². The first-order valence-corrected chi connectivity index (χ1v) is 29.9. The standard InChI is InChI=1S/C72H75O4P/c1-7-28-52-34-13-19-40-58(52)64-46-25-49-67(70(64)61-43-22-16-37-55(61)31-10-4)74-77(73,75-68-50-26-47-65(59-41-20-14-35-53(59)29-8-2)71(68)62-44-23-17-38-56(62)32-11-5)76-69-51-27-48-66(60-42-21-15-36-54(60)30-9-3)72(69)63-45-24-18-39-57(63)33-12-6/h13-27,34-51H,7-12,28-33H2,1-6H3. The van der Waals surface area contributed by atoms with Crippen LogP contribution in [0.1, 0.15) is 113 Å². The molecule has 0 fully saturated rings. The zero-order valence-corrected chi connectivity index (χ0v) is 47.0. The highest BCUT2D eigenvalue weighted by Gasteiger charge is 2.38. The molecule has 9 aromatic carbocycles. The van der Waals surface area contributed by atoms with Crippen molar-refractivity contribution in [2.24, 2.45) is 0 Å². The van der Waals surface area contributed by atoms with Crippen molar-refractivity contribution in [3.8, 4) is 84.0 Å². The predicted octanol–water partition coefficient (Wildman–Crippen LogP) is 21.0. The second-order valence-corrected chi connectivity index (χ2v) is 21.6. The first kappa shape index (κ1) is 54.4. The van der Waals surface area contributed by atoms with Crippen molar-refractivity contribution in [1.82, 2.24) is 0 Å². The van der Waals surface area contributed by atoms with Crippen LogP contribution in [0.15, 0.2) is 200 Å². The molecule has 0 aromatic heterocycles. The summed E-state index contributed by atoms with van der Waals surface area (Å²) in [5.74, 6) is 1.24. The summed E-state index contributed by atoms with van der Waals surface area (Å²) >= 11 is 0. The molecule has 0 unspecified atom stereocenters. The minimum absolute atomic E-state index is 0.412. The van der Waals surface area contributed by atoms with Crippen LogP contribution in [0, 0.1) is 0 Å².